The minimum absolute atomic E-state index is 0.117. The summed E-state index contributed by atoms with van der Waals surface area (Å²) in [5, 5.41) is 9.51. The highest BCUT2D eigenvalue weighted by Gasteiger charge is 2.15. The van der Waals surface area contributed by atoms with E-state index in [1.165, 1.54) is 10.6 Å². The topological polar surface area (TPSA) is 71.7 Å². The first kappa shape index (κ1) is 17.3. The van der Waals surface area contributed by atoms with Crippen LogP contribution in [0.15, 0.2) is 41.4 Å². The zero-order chi connectivity index (χ0) is 18.1. The first-order chi connectivity index (χ1) is 11.9. The number of aromatic nitrogens is 1. The molecule has 0 aliphatic rings. The second kappa shape index (κ2) is 6.78. The van der Waals surface area contributed by atoms with Gasteiger partial charge in [-0.25, -0.2) is 4.39 Å². The number of nitrogens with zero attached hydrogens (tertiary/aromatic N) is 2. The van der Waals surface area contributed by atoms with E-state index in [1.807, 2.05) is 0 Å². The lowest BCUT2D eigenvalue weighted by atomic mass is 10.2. The Balaban J connectivity index is 2.22. The molecule has 0 saturated carbocycles. The molecule has 0 spiro atoms. The molecule has 1 amide bonds. The minimum atomic E-state index is -1.11. The van der Waals surface area contributed by atoms with Gasteiger partial charge in [-0.15, -0.1) is 0 Å². The number of aryl methyl sites for hydroxylation is 1. The van der Waals surface area contributed by atoms with Crippen molar-refractivity contribution >= 4 is 45.0 Å². The van der Waals surface area contributed by atoms with Crippen LogP contribution in [0.5, 0.6) is 0 Å². The van der Waals surface area contributed by atoms with Crippen LogP contribution in [0.25, 0.3) is 10.2 Å². The number of carboxylic acid groups (broad SMARTS) is 1. The second-order valence-corrected chi connectivity index (χ2v) is 6.75. The number of aliphatic carboxylic acids is 1. The number of amides is 1. The van der Waals surface area contributed by atoms with Gasteiger partial charge in [0, 0.05) is 10.6 Å². The average Bonchev–Trinajstić information content (AvgIpc) is 2.89. The Morgan fingerprint density at radius 1 is 1.32 bits per heavy atom. The fraction of sp³-hybridized carbons (Fsp3) is 0.118. The predicted molar refractivity (Wildman–Crippen MR) is 93.5 cm³/mol. The highest BCUT2D eigenvalue weighted by molar-refractivity contribution is 7.16. The lowest BCUT2D eigenvalue weighted by Gasteiger charge is -2.02. The van der Waals surface area contributed by atoms with E-state index < -0.39 is 24.2 Å². The van der Waals surface area contributed by atoms with E-state index in [1.54, 1.807) is 37.3 Å². The maximum atomic E-state index is 14.3. The van der Waals surface area contributed by atoms with Gasteiger partial charge in [0.1, 0.15) is 12.4 Å². The van der Waals surface area contributed by atoms with Crippen LogP contribution >= 0.6 is 22.9 Å². The van der Waals surface area contributed by atoms with Gasteiger partial charge in [0.15, 0.2) is 4.80 Å². The fourth-order valence-corrected chi connectivity index (χ4v) is 3.66. The Labute approximate surface area is 150 Å². The summed E-state index contributed by atoms with van der Waals surface area (Å²) in [6.45, 7) is 1.19. The first-order valence-electron chi connectivity index (χ1n) is 7.21. The number of carboxylic acids is 1. The van der Waals surface area contributed by atoms with Gasteiger partial charge in [0.2, 0.25) is 0 Å². The predicted octanol–water partition coefficient (Wildman–Crippen LogP) is 3.63. The van der Waals surface area contributed by atoms with Gasteiger partial charge in [-0.3, -0.25) is 9.59 Å². The van der Waals surface area contributed by atoms with E-state index in [9.17, 15) is 14.0 Å². The number of halogens is 2. The van der Waals surface area contributed by atoms with Crippen molar-refractivity contribution in [2.75, 3.05) is 0 Å². The molecule has 3 aromatic rings. The number of hydrogen-bond acceptors (Lipinski definition) is 3. The largest absolute Gasteiger partial charge is 0.480 e. The number of carbonyl (C=O) groups excluding carboxylic acids is 1. The van der Waals surface area contributed by atoms with E-state index in [4.69, 9.17) is 16.7 Å². The number of benzene rings is 2. The van der Waals surface area contributed by atoms with Crippen LogP contribution in [-0.2, 0) is 11.3 Å². The molecule has 128 valence electrons. The monoisotopic (exact) mass is 378 g/mol. The van der Waals surface area contributed by atoms with Crippen molar-refractivity contribution in [2.24, 2.45) is 4.99 Å². The Morgan fingerprint density at radius 2 is 2.08 bits per heavy atom. The fourth-order valence-electron chi connectivity index (χ4n) is 2.35. The Hall–Kier alpha value is -2.51. The zero-order valence-corrected chi connectivity index (χ0v) is 14.6. The Bertz CT molecular complexity index is 1070. The number of thiazole rings is 1. The van der Waals surface area contributed by atoms with E-state index >= 15 is 0 Å². The van der Waals surface area contributed by atoms with Gasteiger partial charge >= 0.3 is 5.97 Å². The molecule has 8 heteroatoms. The maximum absolute atomic E-state index is 14.3. The third-order valence-corrected chi connectivity index (χ3v) is 4.87. The summed E-state index contributed by atoms with van der Waals surface area (Å²) in [6.07, 6.45) is 0. The van der Waals surface area contributed by atoms with Gasteiger partial charge < -0.3 is 9.67 Å². The summed E-state index contributed by atoms with van der Waals surface area (Å²) >= 11 is 6.81. The van der Waals surface area contributed by atoms with Crippen LogP contribution in [0, 0.1) is 12.7 Å². The van der Waals surface area contributed by atoms with Crippen LogP contribution in [0.3, 0.4) is 0 Å². The number of fused-ring (bicyclic) bond motifs is 1. The first-order valence-corrected chi connectivity index (χ1v) is 8.41. The second-order valence-electron chi connectivity index (χ2n) is 5.34. The smallest absolute Gasteiger partial charge is 0.323 e. The highest BCUT2D eigenvalue weighted by atomic mass is 35.5. The van der Waals surface area contributed by atoms with Crippen LogP contribution in [0.2, 0.25) is 5.02 Å². The highest BCUT2D eigenvalue weighted by Crippen LogP contribution is 2.23. The molecule has 25 heavy (non-hydrogen) atoms. The molecule has 0 unspecified atom stereocenters. The van der Waals surface area contributed by atoms with Crippen molar-refractivity contribution in [1.82, 2.24) is 4.57 Å². The number of hydrogen-bond donors (Lipinski definition) is 1. The Kier molecular flexibility index (Phi) is 4.69. The van der Waals surface area contributed by atoms with Gasteiger partial charge in [0.25, 0.3) is 5.91 Å². The SMILES string of the molecule is Cc1ccc2c(sc(=NC(=O)c3cccc(Cl)c3)n2CC(=O)O)c1F. The molecule has 0 atom stereocenters. The van der Waals surface area contributed by atoms with Crippen molar-refractivity contribution in [1.29, 1.82) is 0 Å². The lowest BCUT2D eigenvalue weighted by Crippen LogP contribution is -2.21. The quantitative estimate of drug-likeness (QED) is 0.756. The molecule has 0 aliphatic carbocycles. The number of rotatable bonds is 3. The normalized spacial score (nSPS) is 11.9. The molecule has 5 nitrogen and oxygen atoms in total. The van der Waals surface area contributed by atoms with Crippen molar-refractivity contribution in [2.45, 2.75) is 13.5 Å². The van der Waals surface area contributed by atoms with E-state index in [0.717, 1.165) is 11.3 Å². The van der Waals surface area contributed by atoms with Crippen molar-refractivity contribution in [3.05, 3.63) is 63.2 Å². The van der Waals surface area contributed by atoms with Crippen LogP contribution in [-0.4, -0.2) is 21.6 Å². The van der Waals surface area contributed by atoms with Gasteiger partial charge in [-0.1, -0.05) is 35.1 Å². The molecule has 0 fully saturated rings. The summed E-state index contributed by atoms with van der Waals surface area (Å²) in [7, 11) is 0. The Morgan fingerprint density at radius 3 is 2.76 bits per heavy atom. The van der Waals surface area contributed by atoms with E-state index in [2.05, 4.69) is 4.99 Å². The molecule has 3 rings (SSSR count). The third-order valence-electron chi connectivity index (χ3n) is 3.55. The maximum Gasteiger partial charge on any atom is 0.323 e. The lowest BCUT2D eigenvalue weighted by molar-refractivity contribution is -0.137. The molecule has 2 aromatic carbocycles. The van der Waals surface area contributed by atoms with Crippen molar-refractivity contribution in [3.63, 3.8) is 0 Å². The molecule has 0 aliphatic heterocycles. The summed E-state index contributed by atoms with van der Waals surface area (Å²) in [5.74, 6) is -2.14. The standard InChI is InChI=1S/C17H12ClFN2O3S/c1-9-5-6-12-15(14(9)19)25-17(21(12)8-13(22)23)20-16(24)10-3-2-4-11(18)7-10/h2-7H,8H2,1H3,(H,22,23). The molecular formula is C17H12ClFN2O3S. The van der Waals surface area contributed by atoms with E-state index in [0.29, 0.717) is 16.1 Å². The minimum Gasteiger partial charge on any atom is -0.480 e. The molecular weight excluding hydrogens is 367 g/mol. The van der Waals surface area contributed by atoms with Gasteiger partial charge in [-0.05, 0) is 36.8 Å². The number of carbonyl (C=O) groups is 2. The van der Waals surface area contributed by atoms with Crippen LogP contribution in [0.1, 0.15) is 15.9 Å². The molecule has 1 heterocycles. The van der Waals surface area contributed by atoms with Gasteiger partial charge in [0.05, 0.1) is 10.2 Å². The average molecular weight is 379 g/mol. The summed E-state index contributed by atoms with van der Waals surface area (Å²) in [5.41, 5.74) is 1.08. The summed E-state index contributed by atoms with van der Waals surface area (Å²) < 4.78 is 15.9. The zero-order valence-electron chi connectivity index (χ0n) is 13.0. The van der Waals surface area contributed by atoms with Crippen LogP contribution in [0.4, 0.5) is 4.39 Å². The molecule has 0 bridgehead atoms. The van der Waals surface area contributed by atoms with Gasteiger partial charge in [-0.2, -0.15) is 4.99 Å². The van der Waals surface area contributed by atoms with Crippen LogP contribution < -0.4 is 4.80 Å². The molecule has 1 N–H and O–H groups in total. The van der Waals surface area contributed by atoms with Crippen molar-refractivity contribution < 1.29 is 19.1 Å². The molecule has 0 radical (unpaired) electrons. The summed E-state index contributed by atoms with van der Waals surface area (Å²) in [6, 6.07) is 9.44. The third kappa shape index (κ3) is 3.47. The molecule has 1 aromatic heterocycles. The van der Waals surface area contributed by atoms with E-state index in [-0.39, 0.29) is 15.1 Å². The molecule has 0 saturated heterocycles. The van der Waals surface area contributed by atoms with Crippen molar-refractivity contribution in [3.8, 4) is 0 Å². The summed E-state index contributed by atoms with van der Waals surface area (Å²) in [4.78, 5) is 27.6.